The van der Waals surface area contributed by atoms with Crippen LogP contribution >= 0.6 is 0 Å². The lowest BCUT2D eigenvalue weighted by molar-refractivity contribution is 0.173. The molecule has 108 valence electrons. The highest BCUT2D eigenvalue weighted by Crippen LogP contribution is 2.47. The van der Waals surface area contributed by atoms with Gasteiger partial charge in [-0.2, -0.15) is 0 Å². The highest BCUT2D eigenvalue weighted by Gasteiger charge is 2.44. The highest BCUT2D eigenvalue weighted by molar-refractivity contribution is 5.74. The first-order chi connectivity index (χ1) is 9.70. The minimum Gasteiger partial charge on any atom is -0.337 e. The van der Waals surface area contributed by atoms with E-state index in [0.29, 0.717) is 0 Å². The standard InChI is InChI=1S/C17H24N2O/c1-14-7-11-19(12-8-14)16(20)18-13-17(9-10-17)15-5-3-2-4-6-15/h2-6,14H,7-13H2,1H3,(H,18,20). The van der Waals surface area contributed by atoms with Gasteiger partial charge in [-0.3, -0.25) is 0 Å². The van der Waals surface area contributed by atoms with Crippen molar-refractivity contribution in [1.29, 1.82) is 0 Å². The van der Waals surface area contributed by atoms with Crippen molar-refractivity contribution < 1.29 is 4.79 Å². The Kier molecular flexibility index (Phi) is 3.68. The molecule has 1 aromatic carbocycles. The van der Waals surface area contributed by atoms with E-state index in [-0.39, 0.29) is 11.4 Å². The third kappa shape index (κ3) is 2.82. The summed E-state index contributed by atoms with van der Waals surface area (Å²) in [6.07, 6.45) is 4.65. The molecule has 2 fully saturated rings. The van der Waals surface area contributed by atoms with Gasteiger partial charge in [0, 0.05) is 25.0 Å². The highest BCUT2D eigenvalue weighted by atomic mass is 16.2. The fourth-order valence-electron chi connectivity index (χ4n) is 3.08. The number of nitrogens with zero attached hydrogens (tertiary/aromatic N) is 1. The number of piperidine rings is 1. The van der Waals surface area contributed by atoms with Gasteiger partial charge in [0.05, 0.1) is 0 Å². The molecule has 20 heavy (non-hydrogen) atoms. The van der Waals surface area contributed by atoms with Gasteiger partial charge in [-0.05, 0) is 37.2 Å². The number of carbonyl (C=O) groups is 1. The van der Waals surface area contributed by atoms with Crippen LogP contribution in [-0.2, 0) is 5.41 Å². The summed E-state index contributed by atoms with van der Waals surface area (Å²) in [5.74, 6) is 0.762. The molecule has 1 saturated carbocycles. The van der Waals surface area contributed by atoms with E-state index in [1.54, 1.807) is 0 Å². The lowest BCUT2D eigenvalue weighted by Gasteiger charge is -2.31. The van der Waals surface area contributed by atoms with E-state index in [0.717, 1.165) is 38.4 Å². The van der Waals surface area contributed by atoms with Crippen LogP contribution < -0.4 is 5.32 Å². The third-order valence-corrected chi connectivity index (χ3v) is 4.89. The zero-order valence-electron chi connectivity index (χ0n) is 12.3. The van der Waals surface area contributed by atoms with Crippen LogP contribution in [0.2, 0.25) is 0 Å². The molecular weight excluding hydrogens is 248 g/mol. The second kappa shape index (κ2) is 5.47. The molecule has 3 heteroatoms. The second-order valence-corrected chi connectivity index (χ2v) is 6.47. The van der Waals surface area contributed by atoms with E-state index in [2.05, 4.69) is 36.5 Å². The zero-order chi connectivity index (χ0) is 14.0. The predicted molar refractivity (Wildman–Crippen MR) is 80.7 cm³/mol. The molecule has 2 aliphatic rings. The summed E-state index contributed by atoms with van der Waals surface area (Å²) in [4.78, 5) is 14.2. The van der Waals surface area contributed by atoms with Crippen LogP contribution in [0.3, 0.4) is 0 Å². The smallest absolute Gasteiger partial charge is 0.317 e. The van der Waals surface area contributed by atoms with Crippen molar-refractivity contribution >= 4 is 6.03 Å². The lowest BCUT2D eigenvalue weighted by atomic mass is 9.96. The Morgan fingerprint density at radius 2 is 1.90 bits per heavy atom. The van der Waals surface area contributed by atoms with Crippen LogP contribution in [0, 0.1) is 5.92 Å². The van der Waals surface area contributed by atoms with E-state index in [9.17, 15) is 4.79 Å². The number of benzene rings is 1. The van der Waals surface area contributed by atoms with Crippen LogP contribution in [0.4, 0.5) is 4.79 Å². The van der Waals surface area contributed by atoms with Gasteiger partial charge in [0.25, 0.3) is 0 Å². The summed E-state index contributed by atoms with van der Waals surface area (Å²) in [6, 6.07) is 10.7. The molecule has 1 aliphatic heterocycles. The van der Waals surface area contributed by atoms with E-state index in [1.165, 1.54) is 18.4 Å². The van der Waals surface area contributed by atoms with E-state index < -0.39 is 0 Å². The first-order valence-electron chi connectivity index (χ1n) is 7.78. The Morgan fingerprint density at radius 1 is 1.25 bits per heavy atom. The van der Waals surface area contributed by atoms with Gasteiger partial charge in [-0.1, -0.05) is 37.3 Å². The van der Waals surface area contributed by atoms with E-state index in [4.69, 9.17) is 0 Å². The number of hydrogen-bond acceptors (Lipinski definition) is 1. The third-order valence-electron chi connectivity index (χ3n) is 4.89. The van der Waals surface area contributed by atoms with E-state index in [1.807, 2.05) is 11.0 Å². The quantitative estimate of drug-likeness (QED) is 0.900. The summed E-state index contributed by atoms with van der Waals surface area (Å²) in [5, 5.41) is 3.16. The minimum atomic E-state index is 0.124. The van der Waals surface area contributed by atoms with Crippen LogP contribution in [0.25, 0.3) is 0 Å². The summed E-state index contributed by atoms with van der Waals surface area (Å²) in [5.41, 5.74) is 1.58. The number of hydrogen-bond donors (Lipinski definition) is 1. The first kappa shape index (κ1) is 13.5. The fraction of sp³-hybridized carbons (Fsp3) is 0.588. The summed E-state index contributed by atoms with van der Waals surface area (Å²) in [7, 11) is 0. The number of nitrogens with one attached hydrogen (secondary N) is 1. The van der Waals surface area contributed by atoms with Crippen molar-refractivity contribution in [3.8, 4) is 0 Å². The number of rotatable bonds is 3. The maximum absolute atomic E-state index is 12.2. The maximum atomic E-state index is 12.2. The fourth-order valence-corrected chi connectivity index (χ4v) is 3.08. The Balaban J connectivity index is 1.53. The Hall–Kier alpha value is -1.51. The Morgan fingerprint density at radius 3 is 2.50 bits per heavy atom. The summed E-state index contributed by atoms with van der Waals surface area (Å²) < 4.78 is 0. The summed E-state index contributed by atoms with van der Waals surface area (Å²) >= 11 is 0. The number of amides is 2. The molecule has 3 rings (SSSR count). The summed E-state index contributed by atoms with van der Waals surface area (Å²) in [6.45, 7) is 4.86. The Labute approximate surface area is 121 Å². The number of urea groups is 1. The van der Waals surface area contributed by atoms with Crippen LogP contribution in [0.15, 0.2) is 30.3 Å². The molecule has 3 nitrogen and oxygen atoms in total. The SMILES string of the molecule is CC1CCN(C(=O)NCC2(c3ccccc3)CC2)CC1. The van der Waals surface area contributed by atoms with Crippen molar-refractivity contribution in [2.75, 3.05) is 19.6 Å². The van der Waals surface area contributed by atoms with Gasteiger partial charge >= 0.3 is 6.03 Å². The molecule has 1 heterocycles. The van der Waals surface area contributed by atoms with E-state index >= 15 is 0 Å². The van der Waals surface area contributed by atoms with Crippen molar-refractivity contribution in [1.82, 2.24) is 10.2 Å². The molecule has 0 aromatic heterocycles. The van der Waals surface area contributed by atoms with Gasteiger partial charge in [0.2, 0.25) is 0 Å². The van der Waals surface area contributed by atoms with Gasteiger partial charge in [0.15, 0.2) is 0 Å². The second-order valence-electron chi connectivity index (χ2n) is 6.47. The molecule has 1 aromatic rings. The van der Waals surface area contributed by atoms with Crippen molar-refractivity contribution in [2.45, 2.75) is 38.0 Å². The average Bonchev–Trinajstić information content (AvgIpc) is 3.28. The first-order valence-corrected chi connectivity index (χ1v) is 7.78. The Bertz CT molecular complexity index is 459. The molecule has 0 radical (unpaired) electrons. The molecular formula is C17H24N2O. The molecule has 0 spiro atoms. The van der Waals surface area contributed by atoms with Crippen LogP contribution in [0.5, 0.6) is 0 Å². The number of likely N-dealkylation sites (tertiary alicyclic amines) is 1. The monoisotopic (exact) mass is 272 g/mol. The number of carbonyl (C=O) groups excluding carboxylic acids is 1. The lowest BCUT2D eigenvalue weighted by Crippen LogP contribution is -2.46. The predicted octanol–water partition coefficient (Wildman–Crippen LogP) is 3.16. The zero-order valence-corrected chi connectivity index (χ0v) is 12.3. The van der Waals surface area contributed by atoms with Gasteiger partial charge in [-0.15, -0.1) is 0 Å². The molecule has 1 N–H and O–H groups in total. The van der Waals surface area contributed by atoms with Gasteiger partial charge in [0.1, 0.15) is 0 Å². The molecule has 0 bridgehead atoms. The van der Waals surface area contributed by atoms with Crippen molar-refractivity contribution in [3.63, 3.8) is 0 Å². The van der Waals surface area contributed by atoms with Crippen molar-refractivity contribution in [2.24, 2.45) is 5.92 Å². The molecule has 2 amide bonds. The molecule has 0 unspecified atom stereocenters. The average molecular weight is 272 g/mol. The normalized spacial score (nSPS) is 21.6. The topological polar surface area (TPSA) is 32.3 Å². The largest absolute Gasteiger partial charge is 0.337 e. The van der Waals surface area contributed by atoms with Crippen LogP contribution in [0.1, 0.15) is 38.2 Å². The molecule has 1 saturated heterocycles. The molecule has 1 aliphatic carbocycles. The maximum Gasteiger partial charge on any atom is 0.317 e. The van der Waals surface area contributed by atoms with Crippen molar-refractivity contribution in [3.05, 3.63) is 35.9 Å². The minimum absolute atomic E-state index is 0.124. The van der Waals surface area contributed by atoms with Crippen LogP contribution in [-0.4, -0.2) is 30.6 Å². The molecule has 0 atom stereocenters. The van der Waals surface area contributed by atoms with Gasteiger partial charge < -0.3 is 10.2 Å². The van der Waals surface area contributed by atoms with Gasteiger partial charge in [-0.25, -0.2) is 4.79 Å².